The van der Waals surface area contributed by atoms with Gasteiger partial charge in [-0.1, -0.05) is 54.6 Å². The van der Waals surface area contributed by atoms with Crippen molar-refractivity contribution in [1.82, 2.24) is 5.32 Å². The zero-order valence-electron chi connectivity index (χ0n) is 13.2. The van der Waals surface area contributed by atoms with Gasteiger partial charge in [-0.05, 0) is 23.1 Å². The fraction of sp³-hybridized carbons (Fsp3) is 0.278. The van der Waals surface area contributed by atoms with Gasteiger partial charge in [-0.15, -0.1) is 12.4 Å². The van der Waals surface area contributed by atoms with Crippen LogP contribution in [0.1, 0.15) is 16.7 Å². The summed E-state index contributed by atoms with van der Waals surface area (Å²) in [6.45, 7) is 1.04. The Kier molecular flexibility index (Phi) is 8.33. The molecule has 0 fully saturated rings. The van der Waals surface area contributed by atoms with Crippen LogP contribution in [-0.2, 0) is 29.1 Å². The van der Waals surface area contributed by atoms with Crippen LogP contribution in [0.4, 0.5) is 0 Å². The largest absolute Gasteiger partial charge is 0.380 e. The number of nitrogens with one attached hydrogen (secondary N) is 1. The quantitative estimate of drug-likeness (QED) is 0.817. The molecule has 5 heteroatoms. The Morgan fingerprint density at radius 2 is 1.74 bits per heavy atom. The highest BCUT2D eigenvalue weighted by Crippen LogP contribution is 2.07. The topological polar surface area (TPSA) is 64.3 Å². The lowest BCUT2D eigenvalue weighted by atomic mass is 10.1. The van der Waals surface area contributed by atoms with Crippen molar-refractivity contribution in [2.45, 2.75) is 25.6 Å². The van der Waals surface area contributed by atoms with Crippen molar-refractivity contribution in [3.8, 4) is 0 Å². The van der Waals surface area contributed by atoms with E-state index in [1.54, 1.807) is 7.11 Å². The highest BCUT2D eigenvalue weighted by Gasteiger charge is 2.13. The van der Waals surface area contributed by atoms with Gasteiger partial charge in [-0.2, -0.15) is 0 Å². The lowest BCUT2D eigenvalue weighted by molar-refractivity contribution is -0.122. The van der Waals surface area contributed by atoms with Crippen molar-refractivity contribution in [2.75, 3.05) is 7.11 Å². The van der Waals surface area contributed by atoms with Gasteiger partial charge >= 0.3 is 0 Å². The predicted molar refractivity (Wildman–Crippen MR) is 94.4 cm³/mol. The Balaban J connectivity index is 0.00000264. The Labute approximate surface area is 143 Å². The van der Waals surface area contributed by atoms with Crippen molar-refractivity contribution in [2.24, 2.45) is 5.73 Å². The standard InChI is InChI=1S/C18H22N2O2.ClH/c1-22-13-16-9-5-8-15(10-16)12-20-18(21)17(19)11-14-6-3-2-4-7-14;/h2-10,17H,11-13,19H2,1H3,(H,20,21);1H. The number of benzene rings is 2. The molecule has 0 aliphatic heterocycles. The smallest absolute Gasteiger partial charge is 0.237 e. The molecule has 0 radical (unpaired) electrons. The van der Waals surface area contributed by atoms with Crippen LogP contribution >= 0.6 is 12.4 Å². The maximum Gasteiger partial charge on any atom is 0.237 e. The third kappa shape index (κ3) is 6.40. The molecule has 1 amide bonds. The monoisotopic (exact) mass is 334 g/mol. The molecule has 0 spiro atoms. The second-order valence-corrected chi connectivity index (χ2v) is 5.27. The summed E-state index contributed by atoms with van der Waals surface area (Å²) in [6.07, 6.45) is 0.538. The average Bonchev–Trinajstić information content (AvgIpc) is 2.54. The van der Waals surface area contributed by atoms with Gasteiger partial charge in [0.15, 0.2) is 0 Å². The number of carbonyl (C=O) groups excluding carboxylic acids is 1. The van der Waals surface area contributed by atoms with E-state index in [4.69, 9.17) is 10.5 Å². The number of halogens is 1. The minimum atomic E-state index is -0.537. The van der Waals surface area contributed by atoms with Crippen LogP contribution in [0.15, 0.2) is 54.6 Å². The SMILES string of the molecule is COCc1cccc(CNC(=O)C(N)Cc2ccccc2)c1.Cl. The normalized spacial score (nSPS) is 11.4. The fourth-order valence-corrected chi connectivity index (χ4v) is 2.28. The van der Waals surface area contributed by atoms with Gasteiger partial charge in [0.25, 0.3) is 0 Å². The van der Waals surface area contributed by atoms with Crippen molar-refractivity contribution in [1.29, 1.82) is 0 Å². The van der Waals surface area contributed by atoms with E-state index < -0.39 is 6.04 Å². The van der Waals surface area contributed by atoms with Crippen LogP contribution in [0.3, 0.4) is 0 Å². The summed E-state index contributed by atoms with van der Waals surface area (Å²) in [6, 6.07) is 17.2. The lowest BCUT2D eigenvalue weighted by Crippen LogP contribution is -2.41. The molecule has 2 rings (SSSR count). The van der Waals surface area contributed by atoms with E-state index >= 15 is 0 Å². The van der Waals surface area contributed by atoms with Gasteiger partial charge in [0, 0.05) is 13.7 Å². The number of nitrogens with two attached hydrogens (primary N) is 1. The van der Waals surface area contributed by atoms with Crippen LogP contribution in [0.5, 0.6) is 0 Å². The van der Waals surface area contributed by atoms with Crippen LogP contribution in [-0.4, -0.2) is 19.1 Å². The average molecular weight is 335 g/mol. The number of hydrogen-bond donors (Lipinski definition) is 2. The van der Waals surface area contributed by atoms with Gasteiger partial charge in [0.2, 0.25) is 5.91 Å². The van der Waals surface area contributed by atoms with Gasteiger partial charge in [-0.25, -0.2) is 0 Å². The molecule has 3 N–H and O–H groups in total. The number of methoxy groups -OCH3 is 1. The van der Waals surface area contributed by atoms with Gasteiger partial charge in [0.1, 0.15) is 0 Å². The molecule has 0 bridgehead atoms. The Morgan fingerprint density at radius 3 is 2.43 bits per heavy atom. The Morgan fingerprint density at radius 1 is 1.09 bits per heavy atom. The van der Waals surface area contributed by atoms with Gasteiger partial charge < -0.3 is 15.8 Å². The summed E-state index contributed by atoms with van der Waals surface area (Å²) < 4.78 is 5.11. The maximum absolute atomic E-state index is 12.1. The first-order valence-corrected chi connectivity index (χ1v) is 7.33. The summed E-state index contributed by atoms with van der Waals surface area (Å²) in [7, 11) is 1.66. The summed E-state index contributed by atoms with van der Waals surface area (Å²) in [5, 5.41) is 2.88. The summed E-state index contributed by atoms with van der Waals surface area (Å²) >= 11 is 0. The van der Waals surface area contributed by atoms with Crippen LogP contribution in [0, 0.1) is 0 Å². The highest BCUT2D eigenvalue weighted by molar-refractivity contribution is 5.85. The summed E-state index contributed by atoms with van der Waals surface area (Å²) in [5.74, 6) is -0.138. The van der Waals surface area contributed by atoms with Gasteiger partial charge in [0.05, 0.1) is 12.6 Å². The summed E-state index contributed by atoms with van der Waals surface area (Å²) in [5.41, 5.74) is 9.14. The zero-order chi connectivity index (χ0) is 15.8. The molecule has 0 aliphatic rings. The predicted octanol–water partition coefficient (Wildman–Crippen LogP) is 2.44. The molecule has 0 saturated carbocycles. The third-order valence-electron chi connectivity index (χ3n) is 3.40. The Hall–Kier alpha value is -1.88. The first-order valence-electron chi connectivity index (χ1n) is 7.33. The first-order chi connectivity index (χ1) is 10.7. The molecule has 4 nitrogen and oxygen atoms in total. The zero-order valence-corrected chi connectivity index (χ0v) is 14.0. The molecule has 2 aromatic rings. The lowest BCUT2D eigenvalue weighted by Gasteiger charge is -2.13. The van der Waals surface area contributed by atoms with E-state index in [0.717, 1.165) is 16.7 Å². The number of amides is 1. The van der Waals surface area contributed by atoms with E-state index in [1.165, 1.54) is 0 Å². The number of hydrogen-bond acceptors (Lipinski definition) is 3. The molecular weight excluding hydrogens is 312 g/mol. The highest BCUT2D eigenvalue weighted by atomic mass is 35.5. The third-order valence-corrected chi connectivity index (χ3v) is 3.40. The number of rotatable bonds is 7. The van der Waals surface area contributed by atoms with E-state index in [2.05, 4.69) is 5.32 Å². The van der Waals surface area contributed by atoms with Crippen LogP contribution < -0.4 is 11.1 Å². The maximum atomic E-state index is 12.1. The van der Waals surface area contributed by atoms with Crippen molar-refractivity contribution < 1.29 is 9.53 Å². The molecule has 1 atom stereocenters. The molecule has 0 heterocycles. The minimum Gasteiger partial charge on any atom is -0.380 e. The van der Waals surface area contributed by atoms with E-state index in [9.17, 15) is 4.79 Å². The fourth-order valence-electron chi connectivity index (χ4n) is 2.28. The van der Waals surface area contributed by atoms with Crippen LogP contribution in [0.2, 0.25) is 0 Å². The van der Waals surface area contributed by atoms with E-state index in [-0.39, 0.29) is 18.3 Å². The molecule has 0 aromatic heterocycles. The molecule has 1 unspecified atom stereocenters. The van der Waals surface area contributed by atoms with Crippen molar-refractivity contribution >= 4 is 18.3 Å². The van der Waals surface area contributed by atoms with E-state index in [1.807, 2.05) is 54.6 Å². The van der Waals surface area contributed by atoms with Crippen LogP contribution in [0.25, 0.3) is 0 Å². The molecule has 23 heavy (non-hydrogen) atoms. The number of carbonyl (C=O) groups is 1. The molecular formula is C18H23ClN2O2. The second kappa shape index (κ2) is 10.0. The number of ether oxygens (including phenoxy) is 1. The summed E-state index contributed by atoms with van der Waals surface area (Å²) in [4.78, 5) is 12.1. The van der Waals surface area contributed by atoms with E-state index in [0.29, 0.717) is 19.6 Å². The molecule has 0 aliphatic carbocycles. The second-order valence-electron chi connectivity index (χ2n) is 5.27. The Bertz CT molecular complexity index is 605. The van der Waals surface area contributed by atoms with Crippen molar-refractivity contribution in [3.63, 3.8) is 0 Å². The first kappa shape index (κ1) is 19.2. The minimum absolute atomic E-state index is 0. The van der Waals surface area contributed by atoms with Gasteiger partial charge in [-0.3, -0.25) is 4.79 Å². The molecule has 2 aromatic carbocycles. The van der Waals surface area contributed by atoms with Crippen molar-refractivity contribution in [3.05, 3.63) is 71.3 Å². The molecule has 0 saturated heterocycles. The molecule has 124 valence electrons.